The molecule has 0 saturated heterocycles. The van der Waals surface area contributed by atoms with Gasteiger partial charge in [-0.2, -0.15) is 0 Å². The fourth-order valence-electron chi connectivity index (χ4n) is 2.12. The van der Waals surface area contributed by atoms with Crippen molar-refractivity contribution in [3.05, 3.63) is 42.1 Å². The van der Waals surface area contributed by atoms with Crippen molar-refractivity contribution in [2.75, 3.05) is 0 Å². The number of hydrogen-bond donors (Lipinski definition) is 2. The minimum absolute atomic E-state index is 0.256. The van der Waals surface area contributed by atoms with E-state index in [9.17, 15) is 5.11 Å². The van der Waals surface area contributed by atoms with Crippen molar-refractivity contribution in [2.45, 2.75) is 39.0 Å². The van der Waals surface area contributed by atoms with Gasteiger partial charge in [0.05, 0.1) is 11.6 Å². The van der Waals surface area contributed by atoms with E-state index in [0.717, 1.165) is 18.5 Å². The number of aliphatic hydroxyl groups excluding tert-OH is 1. The molecule has 0 fully saturated rings. The lowest BCUT2D eigenvalue weighted by Gasteiger charge is -2.15. The average Bonchev–Trinajstić information content (AvgIpc) is 2.35. The van der Waals surface area contributed by atoms with E-state index in [4.69, 9.17) is 0 Å². The number of rotatable bonds is 5. The van der Waals surface area contributed by atoms with Gasteiger partial charge in [0.1, 0.15) is 0 Å². The summed E-state index contributed by atoms with van der Waals surface area (Å²) >= 11 is 0. The van der Waals surface area contributed by atoms with Crippen LogP contribution in [0.2, 0.25) is 0 Å². The summed E-state index contributed by atoms with van der Waals surface area (Å²) in [5.41, 5.74) is 2.27. The first-order valence-corrected chi connectivity index (χ1v) is 6.40. The molecule has 0 amide bonds. The summed E-state index contributed by atoms with van der Waals surface area (Å²) < 4.78 is 0. The van der Waals surface area contributed by atoms with E-state index >= 15 is 0 Å². The van der Waals surface area contributed by atoms with Gasteiger partial charge in [0.15, 0.2) is 0 Å². The minimum Gasteiger partial charge on any atom is -0.393 e. The van der Waals surface area contributed by atoms with Crippen LogP contribution >= 0.6 is 0 Å². The first kappa shape index (κ1) is 13.0. The molecule has 0 radical (unpaired) electrons. The van der Waals surface area contributed by atoms with Gasteiger partial charge < -0.3 is 10.4 Å². The van der Waals surface area contributed by atoms with Gasteiger partial charge in [-0.15, -0.1) is 0 Å². The van der Waals surface area contributed by atoms with Crippen LogP contribution < -0.4 is 5.32 Å². The fraction of sp³-hybridized carbons (Fsp3) is 0.400. The number of aromatic nitrogens is 1. The Morgan fingerprint density at radius 1 is 1.28 bits per heavy atom. The summed E-state index contributed by atoms with van der Waals surface area (Å²) in [6, 6.07) is 10.6. The minimum atomic E-state index is -0.256. The molecule has 2 rings (SSSR count). The predicted molar refractivity (Wildman–Crippen MR) is 74.3 cm³/mol. The Bertz CT molecular complexity index is 511. The van der Waals surface area contributed by atoms with Gasteiger partial charge in [0, 0.05) is 24.2 Å². The highest BCUT2D eigenvalue weighted by molar-refractivity contribution is 5.78. The SMILES string of the molecule is CC(O)CC(C)NCc1ccc2ncccc2c1. The third-order valence-electron chi connectivity index (χ3n) is 3.02. The van der Waals surface area contributed by atoms with E-state index in [1.54, 1.807) is 0 Å². The molecule has 0 spiro atoms. The highest BCUT2D eigenvalue weighted by Gasteiger charge is 2.05. The Labute approximate surface area is 108 Å². The van der Waals surface area contributed by atoms with Gasteiger partial charge in [-0.05, 0) is 44.0 Å². The van der Waals surface area contributed by atoms with Crippen LogP contribution in [0.1, 0.15) is 25.8 Å². The van der Waals surface area contributed by atoms with Gasteiger partial charge in [-0.1, -0.05) is 12.1 Å². The smallest absolute Gasteiger partial charge is 0.0702 e. The molecule has 1 heterocycles. The number of pyridine rings is 1. The van der Waals surface area contributed by atoms with Crippen LogP contribution in [0.15, 0.2) is 36.5 Å². The molecule has 0 aliphatic carbocycles. The number of fused-ring (bicyclic) bond motifs is 1. The summed E-state index contributed by atoms with van der Waals surface area (Å²) in [4.78, 5) is 4.30. The zero-order valence-electron chi connectivity index (χ0n) is 10.9. The largest absolute Gasteiger partial charge is 0.393 e. The van der Waals surface area contributed by atoms with Crippen LogP contribution in [-0.2, 0) is 6.54 Å². The zero-order valence-corrected chi connectivity index (χ0v) is 10.9. The summed E-state index contributed by atoms with van der Waals surface area (Å²) in [6.45, 7) is 4.73. The van der Waals surface area contributed by atoms with Crippen molar-refractivity contribution in [3.63, 3.8) is 0 Å². The van der Waals surface area contributed by atoms with Crippen molar-refractivity contribution >= 4 is 10.9 Å². The quantitative estimate of drug-likeness (QED) is 0.849. The molecule has 96 valence electrons. The number of nitrogens with one attached hydrogen (secondary N) is 1. The monoisotopic (exact) mass is 244 g/mol. The standard InChI is InChI=1S/C15H20N2O/c1-11(8-12(2)18)17-10-13-5-6-15-14(9-13)4-3-7-16-15/h3-7,9,11-12,17-18H,8,10H2,1-2H3. The third-order valence-corrected chi connectivity index (χ3v) is 3.02. The predicted octanol–water partition coefficient (Wildman–Crippen LogP) is 2.48. The first-order valence-electron chi connectivity index (χ1n) is 6.40. The van der Waals surface area contributed by atoms with E-state index in [1.165, 1.54) is 10.9 Å². The molecule has 1 aromatic heterocycles. The molecule has 2 atom stereocenters. The summed E-state index contributed by atoms with van der Waals surface area (Å²) in [5, 5.41) is 13.9. The first-order chi connectivity index (χ1) is 8.65. The molecule has 18 heavy (non-hydrogen) atoms. The lowest BCUT2D eigenvalue weighted by Crippen LogP contribution is -2.28. The van der Waals surface area contributed by atoms with Crippen LogP contribution in [0.25, 0.3) is 10.9 Å². The maximum absolute atomic E-state index is 9.31. The van der Waals surface area contributed by atoms with Crippen molar-refractivity contribution < 1.29 is 5.11 Å². The molecule has 0 bridgehead atoms. The lowest BCUT2D eigenvalue weighted by molar-refractivity contribution is 0.170. The van der Waals surface area contributed by atoms with Crippen molar-refractivity contribution in [3.8, 4) is 0 Å². The Hall–Kier alpha value is -1.45. The summed E-state index contributed by atoms with van der Waals surface area (Å²) in [5.74, 6) is 0. The molecule has 2 unspecified atom stereocenters. The summed E-state index contributed by atoms with van der Waals surface area (Å²) in [6.07, 6.45) is 2.33. The van der Waals surface area contributed by atoms with Crippen LogP contribution in [0.3, 0.4) is 0 Å². The highest BCUT2D eigenvalue weighted by Crippen LogP contribution is 2.13. The summed E-state index contributed by atoms with van der Waals surface area (Å²) in [7, 11) is 0. The number of hydrogen-bond acceptors (Lipinski definition) is 3. The molecule has 2 N–H and O–H groups in total. The van der Waals surface area contributed by atoms with Crippen LogP contribution in [0.4, 0.5) is 0 Å². The second-order valence-corrected chi connectivity index (χ2v) is 4.90. The molecular formula is C15H20N2O. The van der Waals surface area contributed by atoms with E-state index in [-0.39, 0.29) is 6.10 Å². The molecule has 0 aliphatic rings. The molecule has 3 heteroatoms. The van der Waals surface area contributed by atoms with Crippen LogP contribution in [0.5, 0.6) is 0 Å². The molecule has 3 nitrogen and oxygen atoms in total. The van der Waals surface area contributed by atoms with E-state index in [1.807, 2.05) is 25.3 Å². The van der Waals surface area contributed by atoms with E-state index in [2.05, 4.69) is 35.4 Å². The van der Waals surface area contributed by atoms with E-state index < -0.39 is 0 Å². The normalized spacial score (nSPS) is 14.6. The number of aliphatic hydroxyl groups is 1. The molecule has 1 aromatic carbocycles. The van der Waals surface area contributed by atoms with Gasteiger partial charge in [0.2, 0.25) is 0 Å². The Morgan fingerprint density at radius 3 is 2.89 bits per heavy atom. The highest BCUT2D eigenvalue weighted by atomic mass is 16.3. The topological polar surface area (TPSA) is 45.1 Å². The maximum Gasteiger partial charge on any atom is 0.0702 e. The molecule has 2 aromatic rings. The van der Waals surface area contributed by atoms with E-state index in [0.29, 0.717) is 6.04 Å². The van der Waals surface area contributed by atoms with Crippen LogP contribution in [-0.4, -0.2) is 22.2 Å². The van der Waals surface area contributed by atoms with Crippen molar-refractivity contribution in [1.29, 1.82) is 0 Å². The van der Waals surface area contributed by atoms with Gasteiger partial charge in [-0.3, -0.25) is 4.98 Å². The zero-order chi connectivity index (χ0) is 13.0. The number of nitrogens with zero attached hydrogens (tertiary/aromatic N) is 1. The van der Waals surface area contributed by atoms with Gasteiger partial charge in [-0.25, -0.2) is 0 Å². The fourth-order valence-corrected chi connectivity index (χ4v) is 2.12. The lowest BCUT2D eigenvalue weighted by atomic mass is 10.1. The molecule has 0 aliphatic heterocycles. The van der Waals surface area contributed by atoms with Crippen molar-refractivity contribution in [1.82, 2.24) is 10.3 Å². The Balaban J connectivity index is 1.99. The molecular weight excluding hydrogens is 224 g/mol. The third kappa shape index (κ3) is 3.52. The van der Waals surface area contributed by atoms with Crippen LogP contribution in [0, 0.1) is 0 Å². The number of benzene rings is 1. The maximum atomic E-state index is 9.31. The Kier molecular flexibility index (Phi) is 4.28. The van der Waals surface area contributed by atoms with Gasteiger partial charge in [0.25, 0.3) is 0 Å². The Morgan fingerprint density at radius 2 is 2.11 bits per heavy atom. The second kappa shape index (κ2) is 5.94. The van der Waals surface area contributed by atoms with Gasteiger partial charge >= 0.3 is 0 Å². The molecule has 0 saturated carbocycles. The second-order valence-electron chi connectivity index (χ2n) is 4.90. The van der Waals surface area contributed by atoms with Crippen molar-refractivity contribution in [2.24, 2.45) is 0 Å². The average molecular weight is 244 g/mol.